The van der Waals surface area contributed by atoms with E-state index in [0.29, 0.717) is 23.7 Å². The van der Waals surface area contributed by atoms with E-state index in [-0.39, 0.29) is 18.7 Å². The monoisotopic (exact) mass is 335 g/mol. The second-order valence-electron chi connectivity index (χ2n) is 6.32. The van der Waals surface area contributed by atoms with Crippen LogP contribution >= 0.6 is 0 Å². The number of amides is 2. The summed E-state index contributed by atoms with van der Waals surface area (Å²) in [5.74, 6) is 0.362. The van der Waals surface area contributed by atoms with Crippen molar-refractivity contribution in [1.29, 1.82) is 5.26 Å². The predicted molar refractivity (Wildman–Crippen MR) is 95.8 cm³/mol. The molecule has 1 aliphatic carbocycles. The molecular formula is C20H21N3O2. The van der Waals surface area contributed by atoms with E-state index in [1.165, 1.54) is 0 Å². The molecule has 0 aliphatic heterocycles. The van der Waals surface area contributed by atoms with Crippen molar-refractivity contribution in [2.45, 2.75) is 25.4 Å². The van der Waals surface area contributed by atoms with E-state index < -0.39 is 0 Å². The average molecular weight is 335 g/mol. The van der Waals surface area contributed by atoms with E-state index in [0.717, 1.165) is 18.4 Å². The lowest BCUT2D eigenvalue weighted by Gasteiger charge is -2.31. The van der Waals surface area contributed by atoms with Gasteiger partial charge in [0.05, 0.1) is 24.3 Å². The number of hydrogen-bond donors (Lipinski definition) is 2. The summed E-state index contributed by atoms with van der Waals surface area (Å²) in [4.78, 5) is 14.6. The van der Waals surface area contributed by atoms with Gasteiger partial charge in [0.15, 0.2) is 0 Å². The number of benzene rings is 2. The van der Waals surface area contributed by atoms with Crippen LogP contribution in [0.25, 0.3) is 0 Å². The van der Waals surface area contributed by atoms with Gasteiger partial charge < -0.3 is 15.3 Å². The molecule has 1 fully saturated rings. The van der Waals surface area contributed by atoms with Crippen molar-refractivity contribution < 1.29 is 9.90 Å². The van der Waals surface area contributed by atoms with Crippen molar-refractivity contribution in [3.05, 3.63) is 65.7 Å². The molecule has 0 aromatic heterocycles. The maximum Gasteiger partial charge on any atom is 0.322 e. The Bertz CT molecular complexity index is 749. The fourth-order valence-corrected chi connectivity index (χ4v) is 2.93. The Morgan fingerprint density at radius 2 is 1.88 bits per heavy atom. The summed E-state index contributed by atoms with van der Waals surface area (Å²) in [5.41, 5.74) is 2.21. The van der Waals surface area contributed by atoms with Crippen molar-refractivity contribution in [3.63, 3.8) is 0 Å². The predicted octanol–water partition coefficient (Wildman–Crippen LogP) is 3.36. The van der Waals surface area contributed by atoms with Crippen LogP contribution in [0, 0.1) is 17.2 Å². The van der Waals surface area contributed by atoms with Gasteiger partial charge in [0.1, 0.15) is 0 Å². The van der Waals surface area contributed by atoms with Crippen LogP contribution in [0.2, 0.25) is 0 Å². The molecule has 1 atom stereocenters. The van der Waals surface area contributed by atoms with Crippen molar-refractivity contribution >= 4 is 11.7 Å². The second kappa shape index (κ2) is 7.82. The van der Waals surface area contributed by atoms with Gasteiger partial charge in [-0.05, 0) is 48.6 Å². The number of carbonyl (C=O) groups excluding carboxylic acids is 1. The quantitative estimate of drug-likeness (QED) is 0.850. The molecule has 2 amide bonds. The number of nitrogens with one attached hydrogen (secondary N) is 1. The lowest BCUT2D eigenvalue weighted by atomic mass is 10.1. The molecule has 1 unspecified atom stereocenters. The van der Waals surface area contributed by atoms with Crippen molar-refractivity contribution in [2.75, 3.05) is 11.9 Å². The molecule has 0 heterocycles. The number of hydrogen-bond acceptors (Lipinski definition) is 3. The zero-order valence-electron chi connectivity index (χ0n) is 13.9. The molecule has 5 nitrogen and oxygen atoms in total. The van der Waals surface area contributed by atoms with Crippen molar-refractivity contribution in [1.82, 2.24) is 4.90 Å². The van der Waals surface area contributed by atoms with Crippen LogP contribution in [0.1, 0.15) is 24.0 Å². The van der Waals surface area contributed by atoms with Crippen molar-refractivity contribution in [3.8, 4) is 6.07 Å². The molecule has 2 aromatic carbocycles. The third-order valence-corrected chi connectivity index (χ3v) is 4.48. The summed E-state index contributed by atoms with van der Waals surface area (Å²) in [6.45, 7) is 0.406. The molecule has 2 N–H and O–H groups in total. The van der Waals surface area contributed by atoms with Crippen LogP contribution in [-0.4, -0.2) is 28.7 Å². The van der Waals surface area contributed by atoms with Gasteiger partial charge in [0.25, 0.3) is 0 Å². The highest BCUT2D eigenvalue weighted by Gasteiger charge is 2.37. The summed E-state index contributed by atoms with van der Waals surface area (Å²) < 4.78 is 0. The highest BCUT2D eigenvalue weighted by molar-refractivity contribution is 5.89. The van der Waals surface area contributed by atoms with Crippen LogP contribution in [-0.2, 0) is 6.54 Å². The van der Waals surface area contributed by atoms with Crippen LogP contribution in [0.5, 0.6) is 0 Å². The van der Waals surface area contributed by atoms with Gasteiger partial charge in [-0.1, -0.05) is 30.3 Å². The molecule has 5 heteroatoms. The number of nitriles is 1. The molecule has 128 valence electrons. The summed E-state index contributed by atoms with van der Waals surface area (Å²) in [6.07, 6.45) is 2.08. The molecule has 0 radical (unpaired) electrons. The van der Waals surface area contributed by atoms with Crippen LogP contribution < -0.4 is 5.32 Å². The first-order chi connectivity index (χ1) is 12.2. The molecule has 1 saturated carbocycles. The van der Waals surface area contributed by atoms with Crippen molar-refractivity contribution in [2.24, 2.45) is 5.92 Å². The first-order valence-electron chi connectivity index (χ1n) is 8.44. The van der Waals surface area contributed by atoms with Gasteiger partial charge in [-0.15, -0.1) is 0 Å². The molecule has 0 bridgehead atoms. The lowest BCUT2D eigenvalue weighted by Crippen LogP contribution is -2.45. The number of rotatable bonds is 6. The second-order valence-corrected chi connectivity index (χ2v) is 6.32. The Balaban J connectivity index is 1.77. The largest absolute Gasteiger partial charge is 0.394 e. The first kappa shape index (κ1) is 17.0. The maximum absolute atomic E-state index is 12.8. The Hall–Kier alpha value is -2.84. The lowest BCUT2D eigenvalue weighted by molar-refractivity contribution is 0.124. The molecular weight excluding hydrogens is 314 g/mol. The minimum absolute atomic E-state index is 0.0434. The first-order valence-corrected chi connectivity index (χ1v) is 8.44. The Morgan fingerprint density at radius 1 is 1.20 bits per heavy atom. The minimum atomic E-state index is -0.237. The average Bonchev–Trinajstić information content (AvgIpc) is 3.48. The van der Waals surface area contributed by atoms with Gasteiger partial charge in [-0.3, -0.25) is 0 Å². The molecule has 0 saturated heterocycles. The SMILES string of the molecule is N#Cc1ccc(NC(=O)N(Cc2ccccc2)C(CO)C2CC2)cc1. The van der Waals surface area contributed by atoms with Crippen LogP contribution in [0.3, 0.4) is 0 Å². The normalized spacial score (nSPS) is 14.4. The van der Waals surface area contributed by atoms with Gasteiger partial charge in [-0.25, -0.2) is 4.79 Å². The van der Waals surface area contributed by atoms with Gasteiger partial charge in [0, 0.05) is 12.2 Å². The number of nitrogens with zero attached hydrogens (tertiary/aromatic N) is 2. The summed E-state index contributed by atoms with van der Waals surface area (Å²) in [5, 5.41) is 21.5. The minimum Gasteiger partial charge on any atom is -0.394 e. The third-order valence-electron chi connectivity index (χ3n) is 4.48. The van der Waals surface area contributed by atoms with Crippen LogP contribution in [0.4, 0.5) is 10.5 Å². The van der Waals surface area contributed by atoms with E-state index in [2.05, 4.69) is 11.4 Å². The number of urea groups is 1. The van der Waals surface area contributed by atoms with E-state index in [9.17, 15) is 9.90 Å². The molecule has 1 aliphatic rings. The third kappa shape index (κ3) is 4.37. The summed E-state index contributed by atoms with van der Waals surface area (Å²) >= 11 is 0. The van der Waals surface area contributed by atoms with E-state index in [4.69, 9.17) is 5.26 Å². The summed E-state index contributed by atoms with van der Waals surface area (Å²) in [6, 6.07) is 18.2. The van der Waals surface area contributed by atoms with E-state index in [1.54, 1.807) is 29.2 Å². The zero-order chi connectivity index (χ0) is 17.6. The molecule has 3 rings (SSSR count). The van der Waals surface area contributed by atoms with Crippen LogP contribution in [0.15, 0.2) is 54.6 Å². The smallest absolute Gasteiger partial charge is 0.322 e. The number of aliphatic hydroxyl groups excluding tert-OH is 1. The number of anilines is 1. The highest BCUT2D eigenvalue weighted by Crippen LogP contribution is 2.36. The number of carbonyl (C=O) groups is 1. The van der Waals surface area contributed by atoms with E-state index >= 15 is 0 Å². The van der Waals surface area contributed by atoms with Gasteiger partial charge in [-0.2, -0.15) is 5.26 Å². The molecule has 2 aromatic rings. The summed E-state index contributed by atoms with van der Waals surface area (Å²) in [7, 11) is 0. The fraction of sp³-hybridized carbons (Fsp3) is 0.300. The van der Waals surface area contributed by atoms with Gasteiger partial charge >= 0.3 is 6.03 Å². The zero-order valence-corrected chi connectivity index (χ0v) is 13.9. The fourth-order valence-electron chi connectivity index (χ4n) is 2.93. The van der Waals surface area contributed by atoms with E-state index in [1.807, 2.05) is 30.3 Å². The maximum atomic E-state index is 12.8. The number of aliphatic hydroxyl groups is 1. The Kier molecular flexibility index (Phi) is 5.32. The topological polar surface area (TPSA) is 76.4 Å². The standard InChI is InChI=1S/C20H21N3O2/c21-12-15-6-10-18(11-7-15)22-20(25)23(19(14-24)17-8-9-17)13-16-4-2-1-3-5-16/h1-7,10-11,17,19,24H,8-9,13-14H2,(H,22,25). The highest BCUT2D eigenvalue weighted by atomic mass is 16.3. The molecule has 25 heavy (non-hydrogen) atoms. The molecule has 0 spiro atoms. The van der Waals surface area contributed by atoms with Gasteiger partial charge in [0.2, 0.25) is 0 Å². The Labute approximate surface area is 147 Å². The Morgan fingerprint density at radius 3 is 2.44 bits per heavy atom.